The quantitative estimate of drug-likeness (QED) is 0.797. The lowest BCUT2D eigenvalue weighted by Crippen LogP contribution is -2.24. The summed E-state index contributed by atoms with van der Waals surface area (Å²) in [7, 11) is 0. The number of aromatic hydroxyl groups is 1. The summed E-state index contributed by atoms with van der Waals surface area (Å²) in [6, 6.07) is 14.2. The normalized spacial score (nSPS) is 10.5. The monoisotopic (exact) mass is 325 g/mol. The van der Waals surface area contributed by atoms with Crippen molar-refractivity contribution >= 4 is 18.0 Å². The summed E-state index contributed by atoms with van der Waals surface area (Å²) < 4.78 is 5.09. The number of amides is 1. The van der Waals surface area contributed by atoms with E-state index in [0.29, 0.717) is 6.54 Å². The van der Waals surface area contributed by atoms with Crippen molar-refractivity contribution in [1.29, 1.82) is 0 Å². The van der Waals surface area contributed by atoms with Gasteiger partial charge in [-0.25, -0.2) is 4.79 Å². The topological polar surface area (TPSA) is 75.6 Å². The lowest BCUT2D eigenvalue weighted by Gasteiger charge is -2.05. The molecule has 0 bridgehead atoms. The molecule has 0 aliphatic carbocycles. The molecule has 0 spiro atoms. The van der Waals surface area contributed by atoms with Crippen LogP contribution in [0.1, 0.15) is 28.4 Å². The molecule has 0 fully saturated rings. The minimum absolute atomic E-state index is 0.0396. The van der Waals surface area contributed by atoms with E-state index in [-0.39, 0.29) is 23.7 Å². The highest BCUT2D eigenvalue weighted by atomic mass is 16.5. The summed E-state index contributed by atoms with van der Waals surface area (Å²) in [5, 5.41) is 12.2. The third-order valence-corrected chi connectivity index (χ3v) is 3.29. The van der Waals surface area contributed by atoms with Gasteiger partial charge in [0.25, 0.3) is 0 Å². The first kappa shape index (κ1) is 17.3. The number of hydrogen-bond acceptors (Lipinski definition) is 4. The number of phenols is 1. The van der Waals surface area contributed by atoms with Crippen LogP contribution in [0.15, 0.2) is 54.6 Å². The Morgan fingerprint density at radius 2 is 1.92 bits per heavy atom. The number of phenolic OH excluding ortho intramolecular Hbond substituents is 1. The lowest BCUT2D eigenvalue weighted by molar-refractivity contribution is 0.101. The van der Waals surface area contributed by atoms with Crippen molar-refractivity contribution in [3.63, 3.8) is 0 Å². The molecule has 2 rings (SSSR count). The van der Waals surface area contributed by atoms with Gasteiger partial charge in [-0.15, -0.1) is 0 Å². The maximum Gasteiger partial charge on any atom is 0.407 e. The Morgan fingerprint density at radius 3 is 2.62 bits per heavy atom. The molecular weight excluding hydrogens is 306 g/mol. The summed E-state index contributed by atoms with van der Waals surface area (Å²) in [5.74, 6) is -0.243. The molecule has 2 N–H and O–H groups in total. The Bertz CT molecular complexity index is 738. The van der Waals surface area contributed by atoms with Crippen molar-refractivity contribution < 1.29 is 19.4 Å². The van der Waals surface area contributed by atoms with Crippen LogP contribution < -0.4 is 5.32 Å². The van der Waals surface area contributed by atoms with Gasteiger partial charge < -0.3 is 15.2 Å². The minimum Gasteiger partial charge on any atom is -0.507 e. The number of ether oxygens (including phenoxy) is 1. The van der Waals surface area contributed by atoms with Crippen LogP contribution in [0.3, 0.4) is 0 Å². The standard InChI is InChI=1S/C19H19NO4/c1-14(21)17-12-15(9-10-18(17)22)8-5-11-20-19(23)24-13-16-6-3-2-4-7-16/h2-10,12,22H,11,13H2,1H3,(H,20,23). The molecule has 0 aliphatic heterocycles. The third-order valence-electron chi connectivity index (χ3n) is 3.29. The molecule has 1 amide bonds. The Morgan fingerprint density at radius 1 is 1.17 bits per heavy atom. The van der Waals surface area contributed by atoms with E-state index in [2.05, 4.69) is 5.32 Å². The molecule has 24 heavy (non-hydrogen) atoms. The van der Waals surface area contributed by atoms with Crippen molar-refractivity contribution in [2.45, 2.75) is 13.5 Å². The highest BCUT2D eigenvalue weighted by Crippen LogP contribution is 2.19. The van der Waals surface area contributed by atoms with Gasteiger partial charge in [-0.3, -0.25) is 4.79 Å². The number of carbonyl (C=O) groups is 2. The third kappa shape index (κ3) is 5.28. The van der Waals surface area contributed by atoms with Gasteiger partial charge in [-0.05, 0) is 30.2 Å². The molecule has 0 heterocycles. The second-order valence-electron chi connectivity index (χ2n) is 5.18. The number of carbonyl (C=O) groups excluding carboxylic acids is 2. The van der Waals surface area contributed by atoms with Gasteiger partial charge in [-0.2, -0.15) is 0 Å². The van der Waals surface area contributed by atoms with Crippen LogP contribution in [0, 0.1) is 0 Å². The highest BCUT2D eigenvalue weighted by Gasteiger charge is 2.06. The van der Waals surface area contributed by atoms with Crippen molar-refractivity contribution in [1.82, 2.24) is 5.32 Å². The molecular formula is C19H19NO4. The van der Waals surface area contributed by atoms with Gasteiger partial charge >= 0.3 is 6.09 Å². The van der Waals surface area contributed by atoms with E-state index in [0.717, 1.165) is 11.1 Å². The van der Waals surface area contributed by atoms with E-state index in [9.17, 15) is 14.7 Å². The molecule has 0 radical (unpaired) electrons. The number of alkyl carbamates (subject to hydrolysis) is 1. The van der Waals surface area contributed by atoms with Crippen LogP contribution >= 0.6 is 0 Å². The van der Waals surface area contributed by atoms with Crippen molar-refractivity contribution in [2.24, 2.45) is 0 Å². The summed E-state index contributed by atoms with van der Waals surface area (Å²) in [4.78, 5) is 22.9. The molecule has 0 aromatic heterocycles. The number of rotatable bonds is 6. The number of benzene rings is 2. The average Bonchev–Trinajstić information content (AvgIpc) is 2.59. The maximum atomic E-state index is 11.6. The Labute approximate surface area is 140 Å². The van der Waals surface area contributed by atoms with E-state index in [1.165, 1.54) is 13.0 Å². The first-order valence-electron chi connectivity index (χ1n) is 7.51. The van der Waals surface area contributed by atoms with Gasteiger partial charge in [0.2, 0.25) is 0 Å². The van der Waals surface area contributed by atoms with Crippen LogP contribution in [0.25, 0.3) is 6.08 Å². The Kier molecular flexibility index (Phi) is 6.14. The molecule has 5 nitrogen and oxygen atoms in total. The average molecular weight is 325 g/mol. The van der Waals surface area contributed by atoms with Crippen molar-refractivity contribution in [3.05, 3.63) is 71.3 Å². The molecule has 0 aliphatic rings. The fourth-order valence-corrected chi connectivity index (χ4v) is 2.05. The van der Waals surface area contributed by atoms with Gasteiger partial charge in [0.1, 0.15) is 12.4 Å². The number of Topliss-reactive ketones (excluding diaryl/α,β-unsaturated/α-hetero) is 1. The zero-order chi connectivity index (χ0) is 17.4. The molecule has 0 atom stereocenters. The fourth-order valence-electron chi connectivity index (χ4n) is 2.05. The fraction of sp³-hybridized carbons (Fsp3) is 0.158. The summed E-state index contributed by atoms with van der Waals surface area (Å²) in [6.45, 7) is 1.91. The molecule has 0 saturated carbocycles. The molecule has 0 unspecified atom stereocenters. The van der Waals surface area contributed by atoms with Crippen LogP contribution in [-0.2, 0) is 11.3 Å². The Balaban J connectivity index is 1.79. The lowest BCUT2D eigenvalue weighted by atomic mass is 10.1. The van der Waals surface area contributed by atoms with E-state index in [4.69, 9.17) is 4.74 Å². The largest absolute Gasteiger partial charge is 0.507 e. The first-order chi connectivity index (χ1) is 11.6. The summed E-state index contributed by atoms with van der Waals surface area (Å²) in [6.07, 6.45) is 2.99. The highest BCUT2D eigenvalue weighted by molar-refractivity contribution is 5.97. The molecule has 2 aromatic rings. The van der Waals surface area contributed by atoms with E-state index < -0.39 is 6.09 Å². The van der Waals surface area contributed by atoms with Crippen LogP contribution in [0.4, 0.5) is 4.79 Å². The number of hydrogen-bond donors (Lipinski definition) is 2. The predicted octanol–water partition coefficient (Wildman–Crippen LogP) is 3.53. The van der Waals surface area contributed by atoms with E-state index >= 15 is 0 Å². The Hall–Kier alpha value is -3.08. The van der Waals surface area contributed by atoms with Crippen molar-refractivity contribution in [3.8, 4) is 5.75 Å². The van der Waals surface area contributed by atoms with Gasteiger partial charge in [0.05, 0.1) is 5.56 Å². The SMILES string of the molecule is CC(=O)c1cc(C=CCNC(=O)OCc2ccccc2)ccc1O. The first-order valence-corrected chi connectivity index (χ1v) is 7.51. The van der Waals surface area contributed by atoms with Gasteiger partial charge in [-0.1, -0.05) is 48.6 Å². The smallest absolute Gasteiger partial charge is 0.407 e. The minimum atomic E-state index is -0.501. The molecule has 5 heteroatoms. The molecule has 124 valence electrons. The van der Waals surface area contributed by atoms with Gasteiger partial charge in [0, 0.05) is 6.54 Å². The zero-order valence-corrected chi connectivity index (χ0v) is 13.4. The maximum absolute atomic E-state index is 11.6. The van der Waals surface area contributed by atoms with E-state index in [1.54, 1.807) is 24.3 Å². The number of nitrogens with one attached hydrogen (secondary N) is 1. The van der Waals surface area contributed by atoms with Crippen LogP contribution in [0.2, 0.25) is 0 Å². The summed E-state index contributed by atoms with van der Waals surface area (Å²) >= 11 is 0. The second-order valence-corrected chi connectivity index (χ2v) is 5.18. The molecule has 2 aromatic carbocycles. The van der Waals surface area contributed by atoms with Crippen molar-refractivity contribution in [2.75, 3.05) is 6.54 Å². The number of ketones is 1. The zero-order valence-electron chi connectivity index (χ0n) is 13.4. The molecule has 0 saturated heterocycles. The predicted molar refractivity (Wildman–Crippen MR) is 91.8 cm³/mol. The van der Waals surface area contributed by atoms with Crippen LogP contribution in [-0.4, -0.2) is 23.5 Å². The van der Waals surface area contributed by atoms with Gasteiger partial charge in [0.15, 0.2) is 5.78 Å². The summed E-state index contributed by atoms with van der Waals surface area (Å²) in [5.41, 5.74) is 1.95. The van der Waals surface area contributed by atoms with Crippen LogP contribution in [0.5, 0.6) is 5.75 Å². The second kappa shape index (κ2) is 8.53. The van der Waals surface area contributed by atoms with E-state index in [1.807, 2.05) is 30.3 Å².